The number of carboxylic acids is 1. The number of carbonyl (C=O) groups is 2. The monoisotopic (exact) mass is 726 g/mol. The first-order valence-corrected chi connectivity index (χ1v) is 15.1. The van der Waals surface area contributed by atoms with Gasteiger partial charge in [0, 0.05) is 17.8 Å². The van der Waals surface area contributed by atoms with Crippen LogP contribution in [-0.4, -0.2) is 29.2 Å². The number of halogens is 9. The van der Waals surface area contributed by atoms with Crippen molar-refractivity contribution in [1.82, 2.24) is 5.32 Å². The Labute approximate surface area is 286 Å². The van der Waals surface area contributed by atoms with Gasteiger partial charge in [-0.05, 0) is 97.6 Å². The molecule has 0 aliphatic heterocycles. The first-order chi connectivity index (χ1) is 23.7. The number of carboxylic acid groups (broad SMARTS) is 1. The largest absolute Gasteiger partial charge is 0.481 e. The maximum absolute atomic E-state index is 13.0. The molecule has 0 aliphatic rings. The first-order valence-electron chi connectivity index (χ1n) is 15.1. The molecule has 0 saturated heterocycles. The SMILES string of the molecule is CC(=Nc1cc(C(=O)NCCC(=O)O)ccc1C)c1cccc(Oc2cccc(C(F)(F)F)c2)c1.CCc1cc(C(F)(F)F)cc(C(F)(F)F)c1. The van der Waals surface area contributed by atoms with E-state index in [4.69, 9.17) is 9.84 Å². The number of aliphatic imine (C=N–C) groups is 1. The number of nitrogens with zero attached hydrogens (tertiary/aromatic N) is 1. The molecule has 4 aromatic carbocycles. The van der Waals surface area contributed by atoms with E-state index in [-0.39, 0.29) is 36.8 Å². The van der Waals surface area contributed by atoms with Crippen molar-refractivity contribution in [2.75, 3.05) is 6.54 Å². The molecule has 0 bridgehead atoms. The highest BCUT2D eigenvalue weighted by Gasteiger charge is 2.36. The Bertz CT molecular complexity index is 1850. The van der Waals surface area contributed by atoms with Crippen molar-refractivity contribution in [1.29, 1.82) is 0 Å². The van der Waals surface area contributed by atoms with Crippen molar-refractivity contribution in [3.8, 4) is 11.5 Å². The second-order valence-electron chi connectivity index (χ2n) is 11.0. The molecular weight excluding hydrogens is 695 g/mol. The van der Waals surface area contributed by atoms with Gasteiger partial charge in [0.15, 0.2) is 0 Å². The summed E-state index contributed by atoms with van der Waals surface area (Å²) in [5, 5.41) is 11.3. The second-order valence-corrected chi connectivity index (χ2v) is 11.0. The van der Waals surface area contributed by atoms with Crippen LogP contribution in [-0.2, 0) is 29.7 Å². The molecular formula is C36H31F9N2O4. The van der Waals surface area contributed by atoms with Crippen LogP contribution in [0.5, 0.6) is 11.5 Å². The molecule has 0 spiro atoms. The van der Waals surface area contributed by atoms with Gasteiger partial charge in [0.1, 0.15) is 11.5 Å². The zero-order chi connectivity index (χ0) is 38.1. The number of aliphatic carboxylic acids is 1. The molecule has 0 atom stereocenters. The lowest BCUT2D eigenvalue weighted by Crippen LogP contribution is -2.25. The van der Waals surface area contributed by atoms with Crippen molar-refractivity contribution < 1.29 is 58.9 Å². The number of hydrogen-bond acceptors (Lipinski definition) is 4. The van der Waals surface area contributed by atoms with Gasteiger partial charge in [-0.25, -0.2) is 0 Å². The number of nitrogens with one attached hydrogen (secondary N) is 1. The van der Waals surface area contributed by atoms with Gasteiger partial charge in [-0.15, -0.1) is 0 Å². The van der Waals surface area contributed by atoms with Gasteiger partial charge in [0.05, 0.1) is 28.8 Å². The lowest BCUT2D eigenvalue weighted by Gasteiger charge is -2.13. The van der Waals surface area contributed by atoms with E-state index in [2.05, 4.69) is 10.3 Å². The summed E-state index contributed by atoms with van der Waals surface area (Å²) in [4.78, 5) is 27.6. The molecule has 4 rings (SSSR count). The molecule has 0 radical (unpaired) electrons. The Morgan fingerprint density at radius 1 is 0.725 bits per heavy atom. The van der Waals surface area contributed by atoms with Gasteiger partial charge in [-0.3, -0.25) is 14.6 Å². The van der Waals surface area contributed by atoms with E-state index >= 15 is 0 Å². The number of rotatable bonds is 9. The average molecular weight is 727 g/mol. The number of aryl methyl sites for hydroxylation is 2. The highest BCUT2D eigenvalue weighted by molar-refractivity contribution is 6.01. The van der Waals surface area contributed by atoms with Crippen LogP contribution in [0.25, 0.3) is 0 Å². The van der Waals surface area contributed by atoms with Crippen LogP contribution in [0.3, 0.4) is 0 Å². The van der Waals surface area contributed by atoms with Gasteiger partial charge in [-0.2, -0.15) is 39.5 Å². The van der Waals surface area contributed by atoms with Crippen molar-refractivity contribution in [3.05, 3.63) is 124 Å². The molecule has 2 N–H and O–H groups in total. The fourth-order valence-electron chi connectivity index (χ4n) is 4.38. The van der Waals surface area contributed by atoms with Gasteiger partial charge in [0.2, 0.25) is 0 Å². The third kappa shape index (κ3) is 12.2. The molecule has 1 amide bonds. The molecule has 15 heteroatoms. The minimum absolute atomic E-state index is 0.0122. The molecule has 6 nitrogen and oxygen atoms in total. The van der Waals surface area contributed by atoms with Gasteiger partial charge >= 0.3 is 24.5 Å². The molecule has 0 heterocycles. The predicted octanol–water partition coefficient (Wildman–Crippen LogP) is 10.4. The summed E-state index contributed by atoms with van der Waals surface area (Å²) in [5.74, 6) is -1.00. The van der Waals surface area contributed by atoms with E-state index in [1.807, 2.05) is 6.92 Å². The summed E-state index contributed by atoms with van der Waals surface area (Å²) in [5.41, 5.74) is -0.308. The number of alkyl halides is 9. The minimum Gasteiger partial charge on any atom is -0.481 e. The van der Waals surface area contributed by atoms with Crippen LogP contribution < -0.4 is 10.1 Å². The summed E-state index contributed by atoms with van der Waals surface area (Å²) in [6.45, 7) is 5.11. The van der Waals surface area contributed by atoms with E-state index in [0.29, 0.717) is 28.3 Å². The maximum Gasteiger partial charge on any atom is 0.416 e. The molecule has 51 heavy (non-hydrogen) atoms. The highest BCUT2D eigenvalue weighted by Crippen LogP contribution is 2.37. The third-order valence-corrected chi connectivity index (χ3v) is 7.09. The van der Waals surface area contributed by atoms with Crippen LogP contribution >= 0.6 is 0 Å². The fourth-order valence-corrected chi connectivity index (χ4v) is 4.38. The summed E-state index contributed by atoms with van der Waals surface area (Å²) in [6, 6.07) is 18.0. The van der Waals surface area contributed by atoms with Crippen molar-refractivity contribution in [2.45, 2.75) is 52.1 Å². The van der Waals surface area contributed by atoms with Crippen LogP contribution in [0.1, 0.15) is 64.0 Å². The highest BCUT2D eigenvalue weighted by atomic mass is 19.4. The van der Waals surface area contributed by atoms with Crippen molar-refractivity contribution >= 4 is 23.3 Å². The molecule has 0 fully saturated rings. The van der Waals surface area contributed by atoms with Gasteiger partial charge in [-0.1, -0.05) is 31.2 Å². The number of carbonyl (C=O) groups excluding carboxylic acids is 1. The minimum atomic E-state index is -4.76. The molecule has 0 unspecified atom stereocenters. The fraction of sp³-hybridized carbons (Fsp3) is 0.250. The second kappa shape index (κ2) is 16.6. The Kier molecular flexibility index (Phi) is 13.0. The lowest BCUT2D eigenvalue weighted by atomic mass is 10.0. The Hall–Kier alpha value is -5.34. The summed E-state index contributed by atoms with van der Waals surface area (Å²) in [7, 11) is 0. The predicted molar refractivity (Wildman–Crippen MR) is 171 cm³/mol. The van der Waals surface area contributed by atoms with E-state index < -0.39 is 47.1 Å². The van der Waals surface area contributed by atoms with Crippen LogP contribution in [0.2, 0.25) is 0 Å². The van der Waals surface area contributed by atoms with Crippen LogP contribution in [0.15, 0.2) is 89.9 Å². The van der Waals surface area contributed by atoms with Gasteiger partial charge < -0.3 is 15.2 Å². The number of ether oxygens (including phenoxy) is 1. The number of hydrogen-bond donors (Lipinski definition) is 2. The molecule has 4 aromatic rings. The first kappa shape index (κ1) is 40.1. The smallest absolute Gasteiger partial charge is 0.416 e. The Balaban J connectivity index is 0.000000367. The normalized spacial score (nSPS) is 12.1. The number of benzene rings is 4. The summed E-state index contributed by atoms with van der Waals surface area (Å²) >= 11 is 0. The van der Waals surface area contributed by atoms with Crippen LogP contribution in [0.4, 0.5) is 45.2 Å². The van der Waals surface area contributed by atoms with Crippen molar-refractivity contribution in [2.24, 2.45) is 4.99 Å². The molecule has 0 saturated carbocycles. The van der Waals surface area contributed by atoms with E-state index in [1.165, 1.54) is 19.1 Å². The maximum atomic E-state index is 13.0. The van der Waals surface area contributed by atoms with E-state index in [1.54, 1.807) is 49.4 Å². The Morgan fingerprint density at radius 3 is 1.84 bits per heavy atom. The third-order valence-electron chi connectivity index (χ3n) is 7.09. The molecule has 0 aliphatic carbocycles. The zero-order valence-electron chi connectivity index (χ0n) is 27.2. The molecule has 0 aromatic heterocycles. The topological polar surface area (TPSA) is 88.0 Å². The summed E-state index contributed by atoms with van der Waals surface area (Å²) in [6.07, 6.45) is -14.0. The summed E-state index contributed by atoms with van der Waals surface area (Å²) < 4.78 is 118. The molecule has 272 valence electrons. The Morgan fingerprint density at radius 2 is 1.29 bits per heavy atom. The quantitative estimate of drug-likeness (QED) is 0.133. The van der Waals surface area contributed by atoms with E-state index in [0.717, 1.165) is 29.8 Å². The zero-order valence-corrected chi connectivity index (χ0v) is 27.2. The lowest BCUT2D eigenvalue weighted by molar-refractivity contribution is -0.143. The van der Waals surface area contributed by atoms with E-state index in [9.17, 15) is 49.1 Å². The number of amides is 1. The average Bonchev–Trinajstić information content (AvgIpc) is 3.04. The van der Waals surface area contributed by atoms with Gasteiger partial charge in [0.25, 0.3) is 5.91 Å². The standard InChI is InChI=1S/C26H23F3N2O4.C10H8F6/c1-16-9-10-19(25(34)30-12-11-24(32)33)14-23(16)31-17(2)18-5-3-7-21(13-18)35-22-8-4-6-20(15-22)26(27,28)29;1-2-6-3-7(9(11,12)13)5-8(4-6)10(14,15)16/h3-10,13-15H,11-12H2,1-2H3,(H,30,34)(H,32,33);3-5H,2H2,1H3. The van der Waals surface area contributed by atoms with Crippen LogP contribution in [0, 0.1) is 6.92 Å². The van der Waals surface area contributed by atoms with Crippen molar-refractivity contribution in [3.63, 3.8) is 0 Å².